The van der Waals surface area contributed by atoms with Crippen LogP contribution in [0.2, 0.25) is 5.02 Å². The topological polar surface area (TPSA) is 75.5 Å². The Labute approximate surface area is 121 Å². The molecule has 0 radical (unpaired) electrons. The molecule has 0 saturated carbocycles. The molecule has 0 fully saturated rings. The van der Waals surface area contributed by atoms with Crippen LogP contribution in [0.25, 0.3) is 5.65 Å². The predicted octanol–water partition coefficient (Wildman–Crippen LogP) is 1.16. The maximum absolute atomic E-state index is 12.2. The summed E-state index contributed by atoms with van der Waals surface area (Å²) in [6, 6.07) is 3.48. The molecule has 0 aliphatic rings. The van der Waals surface area contributed by atoms with Crippen molar-refractivity contribution >= 4 is 29.1 Å². The van der Waals surface area contributed by atoms with Crippen molar-refractivity contribution in [2.75, 3.05) is 13.1 Å². The second-order valence-corrected chi connectivity index (χ2v) is 4.80. The first-order valence-corrected chi connectivity index (χ1v) is 6.53. The lowest BCUT2D eigenvalue weighted by Crippen LogP contribution is -2.34. The van der Waals surface area contributed by atoms with Gasteiger partial charge in [-0.1, -0.05) is 11.6 Å². The Morgan fingerprint density at radius 3 is 2.70 bits per heavy atom. The highest BCUT2D eigenvalue weighted by atomic mass is 35.5. The van der Waals surface area contributed by atoms with Crippen LogP contribution in [0.5, 0.6) is 0 Å². The lowest BCUT2D eigenvalue weighted by Gasteiger charge is -2.06. The molecule has 2 rings (SSSR count). The number of imidazole rings is 1. The van der Waals surface area contributed by atoms with Gasteiger partial charge in [-0.25, -0.2) is 4.98 Å². The first kappa shape index (κ1) is 14.3. The number of carbonyl (C=O) groups is 2. The van der Waals surface area contributed by atoms with Gasteiger partial charge in [-0.05, 0) is 19.1 Å². The quantitative estimate of drug-likeness (QED) is 0.831. The van der Waals surface area contributed by atoms with Crippen LogP contribution in [-0.4, -0.2) is 34.3 Å². The Hall–Kier alpha value is -2.08. The van der Waals surface area contributed by atoms with E-state index in [0.717, 1.165) is 0 Å². The van der Waals surface area contributed by atoms with Crippen LogP contribution in [0.15, 0.2) is 18.3 Å². The predicted molar refractivity (Wildman–Crippen MR) is 76.0 cm³/mol. The summed E-state index contributed by atoms with van der Waals surface area (Å²) in [6.45, 7) is 3.94. The molecule has 2 aromatic heterocycles. The number of fused-ring (bicyclic) bond motifs is 1. The summed E-state index contributed by atoms with van der Waals surface area (Å²) < 4.78 is 1.66. The maximum Gasteiger partial charge on any atom is 0.270 e. The van der Waals surface area contributed by atoms with Gasteiger partial charge >= 0.3 is 0 Å². The van der Waals surface area contributed by atoms with E-state index in [1.54, 1.807) is 29.7 Å². The second kappa shape index (κ2) is 5.92. The first-order chi connectivity index (χ1) is 9.49. The number of rotatable bonds is 4. The number of amides is 2. The maximum atomic E-state index is 12.2. The molecule has 2 N–H and O–H groups in total. The summed E-state index contributed by atoms with van der Waals surface area (Å²) in [5.41, 5.74) is 1.74. The van der Waals surface area contributed by atoms with Crippen LogP contribution in [0, 0.1) is 6.92 Å². The third-order valence-electron chi connectivity index (χ3n) is 2.76. The van der Waals surface area contributed by atoms with Crippen LogP contribution in [0.4, 0.5) is 0 Å². The van der Waals surface area contributed by atoms with Crippen LogP contribution < -0.4 is 10.6 Å². The molecule has 0 aromatic carbocycles. The van der Waals surface area contributed by atoms with Gasteiger partial charge < -0.3 is 10.6 Å². The molecule has 0 saturated heterocycles. The van der Waals surface area contributed by atoms with Gasteiger partial charge in [0.2, 0.25) is 5.91 Å². The number of pyridine rings is 1. The van der Waals surface area contributed by atoms with Crippen molar-refractivity contribution in [2.24, 2.45) is 0 Å². The Balaban J connectivity index is 2.15. The van der Waals surface area contributed by atoms with Crippen molar-refractivity contribution < 1.29 is 9.59 Å². The zero-order valence-corrected chi connectivity index (χ0v) is 12.0. The average molecular weight is 295 g/mol. The number of aryl methyl sites for hydroxylation is 1. The van der Waals surface area contributed by atoms with Crippen LogP contribution in [-0.2, 0) is 4.79 Å². The van der Waals surface area contributed by atoms with Gasteiger partial charge in [0.1, 0.15) is 11.3 Å². The molecular weight excluding hydrogens is 280 g/mol. The summed E-state index contributed by atoms with van der Waals surface area (Å²) in [4.78, 5) is 27.2. The summed E-state index contributed by atoms with van der Waals surface area (Å²) in [5, 5.41) is 5.87. The van der Waals surface area contributed by atoms with E-state index in [1.165, 1.54) is 6.92 Å². The highest BCUT2D eigenvalue weighted by molar-refractivity contribution is 6.30. The van der Waals surface area contributed by atoms with E-state index in [0.29, 0.717) is 35.1 Å². The van der Waals surface area contributed by atoms with Gasteiger partial charge in [0, 0.05) is 26.2 Å². The minimum Gasteiger partial charge on any atom is -0.355 e. The zero-order valence-electron chi connectivity index (χ0n) is 11.2. The van der Waals surface area contributed by atoms with E-state index in [9.17, 15) is 9.59 Å². The van der Waals surface area contributed by atoms with Gasteiger partial charge in [0.25, 0.3) is 5.91 Å². The van der Waals surface area contributed by atoms with Crippen molar-refractivity contribution in [3.63, 3.8) is 0 Å². The van der Waals surface area contributed by atoms with Crippen molar-refractivity contribution in [2.45, 2.75) is 13.8 Å². The van der Waals surface area contributed by atoms with Crippen LogP contribution in [0.3, 0.4) is 0 Å². The fourth-order valence-corrected chi connectivity index (χ4v) is 2.07. The number of aromatic nitrogens is 2. The van der Waals surface area contributed by atoms with Crippen molar-refractivity contribution in [1.82, 2.24) is 20.0 Å². The zero-order chi connectivity index (χ0) is 14.7. The Kier molecular flexibility index (Phi) is 4.24. The molecule has 106 valence electrons. The molecule has 0 spiro atoms. The molecule has 0 atom stereocenters. The molecular formula is C13H15ClN4O2. The van der Waals surface area contributed by atoms with Crippen LogP contribution in [0.1, 0.15) is 23.1 Å². The van der Waals surface area contributed by atoms with Gasteiger partial charge in [-0.15, -0.1) is 0 Å². The lowest BCUT2D eigenvalue weighted by atomic mass is 10.3. The Morgan fingerprint density at radius 1 is 1.30 bits per heavy atom. The van der Waals surface area contributed by atoms with E-state index in [-0.39, 0.29) is 11.8 Å². The summed E-state index contributed by atoms with van der Waals surface area (Å²) in [7, 11) is 0. The largest absolute Gasteiger partial charge is 0.355 e. The van der Waals surface area contributed by atoms with Gasteiger partial charge in [0.15, 0.2) is 0 Å². The molecule has 0 aliphatic heterocycles. The molecule has 20 heavy (non-hydrogen) atoms. The normalized spacial score (nSPS) is 10.6. The molecule has 2 heterocycles. The highest BCUT2D eigenvalue weighted by Crippen LogP contribution is 2.16. The number of halogens is 1. The number of hydrogen-bond acceptors (Lipinski definition) is 3. The SMILES string of the molecule is CC(=O)NCCNC(=O)c1c(C)nc2ccc(Cl)cn12. The number of nitrogens with one attached hydrogen (secondary N) is 2. The molecule has 0 unspecified atom stereocenters. The summed E-state index contributed by atoms with van der Waals surface area (Å²) in [6.07, 6.45) is 1.65. The summed E-state index contributed by atoms with van der Waals surface area (Å²) >= 11 is 5.94. The highest BCUT2D eigenvalue weighted by Gasteiger charge is 2.16. The standard InChI is InChI=1S/C13H15ClN4O2/c1-8-12(13(20)16-6-5-15-9(2)19)18-7-10(14)3-4-11(18)17-8/h3-4,7H,5-6H2,1-2H3,(H,15,19)(H,16,20). The Bertz CT molecular complexity index is 666. The first-order valence-electron chi connectivity index (χ1n) is 6.16. The van der Waals surface area contributed by atoms with Crippen molar-refractivity contribution in [3.8, 4) is 0 Å². The fourth-order valence-electron chi connectivity index (χ4n) is 1.91. The average Bonchev–Trinajstić information content (AvgIpc) is 2.69. The van der Waals surface area contributed by atoms with E-state index in [4.69, 9.17) is 11.6 Å². The van der Waals surface area contributed by atoms with Gasteiger partial charge in [-0.3, -0.25) is 14.0 Å². The van der Waals surface area contributed by atoms with Gasteiger partial charge in [-0.2, -0.15) is 0 Å². The molecule has 0 bridgehead atoms. The molecule has 2 aromatic rings. The third-order valence-corrected chi connectivity index (χ3v) is 2.98. The van der Waals surface area contributed by atoms with E-state index >= 15 is 0 Å². The van der Waals surface area contributed by atoms with E-state index < -0.39 is 0 Å². The molecule has 2 amide bonds. The smallest absolute Gasteiger partial charge is 0.270 e. The molecule has 0 aliphatic carbocycles. The molecule has 7 heteroatoms. The second-order valence-electron chi connectivity index (χ2n) is 4.36. The van der Waals surface area contributed by atoms with E-state index in [2.05, 4.69) is 15.6 Å². The number of nitrogens with zero attached hydrogens (tertiary/aromatic N) is 2. The number of hydrogen-bond donors (Lipinski definition) is 2. The lowest BCUT2D eigenvalue weighted by molar-refractivity contribution is -0.118. The van der Waals surface area contributed by atoms with Gasteiger partial charge in [0.05, 0.1) is 10.7 Å². The van der Waals surface area contributed by atoms with Crippen LogP contribution >= 0.6 is 11.6 Å². The fraction of sp³-hybridized carbons (Fsp3) is 0.308. The Morgan fingerprint density at radius 2 is 2.00 bits per heavy atom. The van der Waals surface area contributed by atoms with E-state index in [1.807, 2.05) is 0 Å². The molecule has 6 nitrogen and oxygen atoms in total. The minimum absolute atomic E-state index is 0.128. The summed E-state index contributed by atoms with van der Waals surface area (Å²) in [5.74, 6) is -0.375. The number of carbonyl (C=O) groups excluding carboxylic acids is 2. The minimum atomic E-state index is -0.248. The van der Waals surface area contributed by atoms with Crippen molar-refractivity contribution in [3.05, 3.63) is 34.7 Å². The monoisotopic (exact) mass is 294 g/mol. The third kappa shape index (κ3) is 3.08. The van der Waals surface area contributed by atoms with Crippen molar-refractivity contribution in [1.29, 1.82) is 0 Å².